The van der Waals surface area contributed by atoms with Crippen LogP contribution in [-0.4, -0.2) is 136 Å². The van der Waals surface area contributed by atoms with Crippen LogP contribution < -0.4 is 25.6 Å². The van der Waals surface area contributed by atoms with E-state index in [1.54, 1.807) is 29.1 Å². The number of rotatable bonds is 16. The Morgan fingerprint density at radius 1 is 0.959 bits per heavy atom. The van der Waals surface area contributed by atoms with Crippen molar-refractivity contribution in [3.05, 3.63) is 88.4 Å². The predicted molar refractivity (Wildman–Crippen MR) is 267 cm³/mol. The maximum atomic E-state index is 14.1. The van der Waals surface area contributed by atoms with Crippen molar-refractivity contribution >= 4 is 40.8 Å². The minimum Gasteiger partial charge on any atom is -0.489 e. The summed E-state index contributed by atoms with van der Waals surface area (Å²) in [5.74, 6) is -1.21. The van der Waals surface area contributed by atoms with Gasteiger partial charge in [-0.3, -0.25) is 24.1 Å². The van der Waals surface area contributed by atoms with E-state index >= 15 is 0 Å². The minimum atomic E-state index is -4.73. The number of aromatic nitrogens is 3. The molecule has 4 N–H and O–H groups in total. The molecule has 73 heavy (non-hydrogen) atoms. The largest absolute Gasteiger partial charge is 0.489 e. The van der Waals surface area contributed by atoms with E-state index in [0.717, 1.165) is 33.8 Å². The van der Waals surface area contributed by atoms with Gasteiger partial charge in [-0.2, -0.15) is 18.4 Å². The number of carbonyl (C=O) groups is 4. The summed E-state index contributed by atoms with van der Waals surface area (Å²) in [6, 6.07) is 10.0. The van der Waals surface area contributed by atoms with Crippen molar-refractivity contribution in [2.24, 2.45) is 16.2 Å². The number of alkyl halides is 3. The summed E-state index contributed by atoms with van der Waals surface area (Å²) in [5.41, 5.74) is 1.10. The summed E-state index contributed by atoms with van der Waals surface area (Å²) in [5, 5.41) is 28.7. The van der Waals surface area contributed by atoms with Crippen LogP contribution >= 0.6 is 11.3 Å². The number of aryl methyl sites for hydroxylation is 1. The van der Waals surface area contributed by atoms with Crippen molar-refractivity contribution in [1.29, 1.82) is 5.26 Å². The Morgan fingerprint density at radius 3 is 2.23 bits per heavy atom. The lowest BCUT2D eigenvalue weighted by Crippen LogP contribution is -2.74. The molecule has 0 spiro atoms. The van der Waals surface area contributed by atoms with Crippen LogP contribution in [0.5, 0.6) is 5.75 Å². The average Bonchev–Trinajstić information content (AvgIpc) is 3.97. The number of piperazine rings is 1. The maximum Gasteiger partial charge on any atom is 0.417 e. The monoisotopic (exact) mass is 1030 g/mol. The highest BCUT2D eigenvalue weighted by molar-refractivity contribution is 7.13. The fraction of sp³-hybridized carbons (Fsp3) is 0.538. The van der Waals surface area contributed by atoms with E-state index in [1.807, 2.05) is 86.6 Å². The third-order valence-electron chi connectivity index (χ3n) is 14.2. The fourth-order valence-corrected chi connectivity index (χ4v) is 11.3. The van der Waals surface area contributed by atoms with Crippen LogP contribution in [0.1, 0.15) is 101 Å². The number of β-amino-alcohol motifs (C(OH)–C–C–N with tert-alkyl or cyclic N) is 1. The molecule has 4 atom stereocenters. The Labute approximate surface area is 427 Å². The van der Waals surface area contributed by atoms with E-state index in [2.05, 4.69) is 40.7 Å². The standard InChI is InChI=1S/C52H65F3N10O7S/c1-30(32-10-12-33(13-11-32)42-31(2)59-29-73-42)60-45(69)39-22-35(66)27-65(39)46(70)43(49(3,4)5)61-41(67)28-71-21-20-63-16-18-64(19-17-63)40-26-57-38(25-58-40)44(68)62-47-50(6,7)48(51(47,8)9)72-36-15-14-34(24-56)37(23-36)52(53,54)55/h10-15,23,25-26,29-30,35,39,43,47-48,66H,16-22,27-28H2,1-9H3,(H,60,69)(H,61,67)(H,62,68)/t30-,35+,39-,43+,47?,48?/m0/s1. The molecule has 7 rings (SSSR count). The van der Waals surface area contributed by atoms with E-state index in [-0.39, 0.29) is 43.7 Å². The van der Waals surface area contributed by atoms with Gasteiger partial charge < -0.3 is 40.3 Å². The quantitative estimate of drug-likeness (QED) is 0.0961. The van der Waals surface area contributed by atoms with Crippen molar-refractivity contribution < 1.29 is 46.9 Å². The van der Waals surface area contributed by atoms with Gasteiger partial charge in [0.1, 0.15) is 42.1 Å². The second-order valence-electron chi connectivity index (χ2n) is 21.4. The summed E-state index contributed by atoms with van der Waals surface area (Å²) < 4.78 is 52.7. The van der Waals surface area contributed by atoms with Crippen molar-refractivity contribution in [3.8, 4) is 22.3 Å². The molecule has 2 aromatic carbocycles. The lowest BCUT2D eigenvalue weighted by Gasteiger charge is -2.63. The van der Waals surface area contributed by atoms with Gasteiger partial charge >= 0.3 is 6.18 Å². The molecule has 21 heteroatoms. The molecule has 392 valence electrons. The number of amides is 4. The molecule has 4 amide bonds. The first kappa shape index (κ1) is 54.6. The van der Waals surface area contributed by atoms with Crippen LogP contribution in [0.25, 0.3) is 10.4 Å². The van der Waals surface area contributed by atoms with Gasteiger partial charge in [-0.25, -0.2) is 15.0 Å². The number of anilines is 1. The number of ether oxygens (including phenoxy) is 2. The van der Waals surface area contributed by atoms with E-state index in [0.29, 0.717) is 38.5 Å². The number of benzene rings is 2. The Balaban J connectivity index is 0.836. The predicted octanol–water partition coefficient (Wildman–Crippen LogP) is 5.92. The number of carbonyl (C=O) groups excluding carboxylic acids is 4. The van der Waals surface area contributed by atoms with E-state index in [4.69, 9.17) is 9.47 Å². The van der Waals surface area contributed by atoms with Crippen molar-refractivity contribution in [2.45, 2.75) is 111 Å². The molecule has 17 nitrogen and oxygen atoms in total. The third-order valence-corrected chi connectivity index (χ3v) is 15.2. The zero-order chi connectivity index (χ0) is 53.2. The highest BCUT2D eigenvalue weighted by Crippen LogP contribution is 2.56. The van der Waals surface area contributed by atoms with Gasteiger partial charge in [-0.1, -0.05) is 72.7 Å². The number of thiazole rings is 1. The van der Waals surface area contributed by atoms with Gasteiger partial charge in [-0.05, 0) is 48.6 Å². The second-order valence-corrected chi connectivity index (χ2v) is 22.2. The van der Waals surface area contributed by atoms with Crippen molar-refractivity contribution in [3.63, 3.8) is 0 Å². The number of nitrogens with one attached hydrogen (secondary N) is 3. The molecule has 0 radical (unpaired) electrons. The van der Waals surface area contributed by atoms with Crippen LogP contribution in [0.4, 0.5) is 19.0 Å². The van der Waals surface area contributed by atoms with Crippen LogP contribution in [0.15, 0.2) is 60.4 Å². The zero-order valence-corrected chi connectivity index (χ0v) is 43.5. The number of aliphatic hydroxyl groups excluding tert-OH is 1. The van der Waals surface area contributed by atoms with Crippen LogP contribution in [0.3, 0.4) is 0 Å². The molecule has 1 saturated carbocycles. The molecular formula is C52H65F3N10O7S. The molecule has 3 fully saturated rings. The fourth-order valence-electron chi connectivity index (χ4n) is 10.4. The summed E-state index contributed by atoms with van der Waals surface area (Å²) in [6.45, 7) is 19.8. The molecule has 0 bridgehead atoms. The Kier molecular flexibility index (Phi) is 16.2. The van der Waals surface area contributed by atoms with Crippen molar-refractivity contribution in [1.82, 2.24) is 40.7 Å². The number of likely N-dealkylation sites (tertiary alicyclic amines) is 1. The number of halogens is 3. The number of hydrogen-bond acceptors (Lipinski definition) is 14. The van der Waals surface area contributed by atoms with E-state index < -0.39 is 87.5 Å². The van der Waals surface area contributed by atoms with Crippen LogP contribution in [-0.2, 0) is 25.3 Å². The Morgan fingerprint density at radius 2 is 1.64 bits per heavy atom. The number of hydrogen-bond donors (Lipinski definition) is 4. The van der Waals surface area contributed by atoms with Gasteiger partial charge in [0.2, 0.25) is 17.7 Å². The van der Waals surface area contributed by atoms with Gasteiger partial charge in [0.05, 0.1) is 64.4 Å². The first-order valence-corrected chi connectivity index (χ1v) is 25.2. The maximum absolute atomic E-state index is 14.1. The molecule has 0 unspecified atom stereocenters. The van der Waals surface area contributed by atoms with E-state index in [1.165, 1.54) is 17.2 Å². The normalized spacial score (nSPS) is 21.6. The smallest absolute Gasteiger partial charge is 0.417 e. The molecule has 4 heterocycles. The van der Waals surface area contributed by atoms with Gasteiger partial charge in [-0.15, -0.1) is 11.3 Å². The van der Waals surface area contributed by atoms with Crippen molar-refractivity contribution in [2.75, 3.05) is 57.4 Å². The first-order chi connectivity index (χ1) is 34.3. The van der Waals surface area contributed by atoms with Crippen LogP contribution in [0.2, 0.25) is 0 Å². The first-order valence-electron chi connectivity index (χ1n) is 24.3. The van der Waals surface area contributed by atoms with Gasteiger partial charge in [0.15, 0.2) is 0 Å². The SMILES string of the molecule is Cc1ncsc1-c1ccc([C@H](C)NC(=O)[C@@H]2C[C@@H](O)CN2C(=O)[C@@H](NC(=O)COCCN2CCN(c3cnc(C(=O)NC4C(C)(C)C(Oc5ccc(C#N)c(C(F)(F)F)c5)C4(C)C)cn3)CC2)C(C)(C)C)cc1. The lowest BCUT2D eigenvalue weighted by molar-refractivity contribution is -0.164. The number of nitrogens with zero attached hydrogens (tertiary/aromatic N) is 7. The summed E-state index contributed by atoms with van der Waals surface area (Å²) in [4.78, 5) is 74.4. The molecule has 1 aliphatic carbocycles. The highest BCUT2D eigenvalue weighted by atomic mass is 32.1. The molecule has 4 aromatic rings. The molecule has 2 aliphatic heterocycles. The van der Waals surface area contributed by atoms with Crippen LogP contribution in [0, 0.1) is 34.5 Å². The average molecular weight is 1030 g/mol. The zero-order valence-electron chi connectivity index (χ0n) is 42.7. The molecule has 2 aromatic heterocycles. The molecule has 3 aliphatic rings. The van der Waals surface area contributed by atoms with Gasteiger partial charge in [0.25, 0.3) is 5.91 Å². The van der Waals surface area contributed by atoms with Gasteiger partial charge in [0, 0.05) is 62.6 Å². The minimum absolute atomic E-state index is 0.0219. The number of nitriles is 1. The third kappa shape index (κ3) is 12.3. The topological polar surface area (TPSA) is 215 Å². The molecule has 2 saturated heterocycles. The highest BCUT2D eigenvalue weighted by Gasteiger charge is 2.64. The molecular weight excluding hydrogens is 966 g/mol. The second kappa shape index (κ2) is 21.7. The Hall–Kier alpha value is -6.21. The summed E-state index contributed by atoms with van der Waals surface area (Å²) in [7, 11) is 0. The summed E-state index contributed by atoms with van der Waals surface area (Å²) in [6.07, 6.45) is -3.17. The Bertz CT molecular complexity index is 2660. The van der Waals surface area contributed by atoms with E-state index in [9.17, 15) is 42.7 Å². The number of aliphatic hydroxyl groups is 1. The summed E-state index contributed by atoms with van der Waals surface area (Å²) >= 11 is 1.56. The lowest BCUT2D eigenvalue weighted by atomic mass is 9.49.